The van der Waals surface area contributed by atoms with Crippen molar-refractivity contribution in [3.05, 3.63) is 0 Å². The maximum absolute atomic E-state index is 11.6. The second-order valence-corrected chi connectivity index (χ2v) is 6.46. The number of carbonyl (C=O) groups is 1. The SMILES string of the molecule is CCOC(=O)C1CC1CC[C@@H](C)O[C@@H]1O[C@@H](C)[C@H](O)C[C@H]1O. The summed E-state index contributed by atoms with van der Waals surface area (Å²) in [6.45, 7) is 5.96. The molecule has 2 unspecified atom stereocenters. The molecule has 0 spiro atoms. The fraction of sp³-hybridized carbons (Fsp3) is 0.938. The molecule has 22 heavy (non-hydrogen) atoms. The van der Waals surface area contributed by atoms with Gasteiger partial charge < -0.3 is 24.4 Å². The van der Waals surface area contributed by atoms with Gasteiger partial charge in [-0.15, -0.1) is 0 Å². The predicted octanol–water partition coefficient (Wildman–Crippen LogP) is 1.23. The molecule has 1 saturated carbocycles. The second-order valence-electron chi connectivity index (χ2n) is 6.46. The van der Waals surface area contributed by atoms with Gasteiger partial charge in [-0.2, -0.15) is 0 Å². The number of esters is 1. The van der Waals surface area contributed by atoms with Gasteiger partial charge >= 0.3 is 5.97 Å². The first-order valence-corrected chi connectivity index (χ1v) is 8.26. The number of aliphatic hydroxyl groups excluding tert-OH is 2. The van der Waals surface area contributed by atoms with Gasteiger partial charge in [-0.1, -0.05) is 0 Å². The summed E-state index contributed by atoms with van der Waals surface area (Å²) in [5.74, 6) is 0.358. The van der Waals surface area contributed by atoms with Crippen molar-refractivity contribution in [3.8, 4) is 0 Å². The summed E-state index contributed by atoms with van der Waals surface area (Å²) in [4.78, 5) is 11.6. The van der Waals surface area contributed by atoms with E-state index < -0.39 is 18.5 Å². The minimum atomic E-state index is -0.804. The van der Waals surface area contributed by atoms with Crippen LogP contribution in [0.15, 0.2) is 0 Å². The lowest BCUT2D eigenvalue weighted by molar-refractivity contribution is -0.273. The maximum atomic E-state index is 11.6. The fourth-order valence-electron chi connectivity index (χ4n) is 2.92. The third-order valence-electron chi connectivity index (χ3n) is 4.51. The molecule has 2 fully saturated rings. The first-order chi connectivity index (χ1) is 10.4. The quantitative estimate of drug-likeness (QED) is 0.687. The zero-order chi connectivity index (χ0) is 16.3. The lowest BCUT2D eigenvalue weighted by Gasteiger charge is -2.36. The molecule has 2 rings (SSSR count). The minimum absolute atomic E-state index is 0.0545. The van der Waals surface area contributed by atoms with Crippen LogP contribution in [-0.4, -0.2) is 53.5 Å². The third-order valence-corrected chi connectivity index (χ3v) is 4.51. The molecule has 6 heteroatoms. The Morgan fingerprint density at radius 3 is 2.73 bits per heavy atom. The number of hydrogen-bond donors (Lipinski definition) is 2. The average Bonchev–Trinajstić information content (AvgIpc) is 3.22. The summed E-state index contributed by atoms with van der Waals surface area (Å²) in [5.41, 5.74) is 0. The first-order valence-electron chi connectivity index (χ1n) is 8.26. The predicted molar refractivity (Wildman–Crippen MR) is 79.0 cm³/mol. The summed E-state index contributed by atoms with van der Waals surface area (Å²) in [6.07, 6.45) is 0.346. The number of ether oxygens (including phenoxy) is 3. The molecule has 128 valence electrons. The molecule has 2 N–H and O–H groups in total. The van der Waals surface area contributed by atoms with Crippen molar-refractivity contribution in [1.82, 2.24) is 0 Å². The molecular weight excluding hydrogens is 288 g/mol. The highest BCUT2D eigenvalue weighted by Gasteiger charge is 2.44. The summed E-state index contributed by atoms with van der Waals surface area (Å²) < 4.78 is 16.3. The van der Waals surface area contributed by atoms with E-state index in [1.807, 2.05) is 13.8 Å². The lowest BCUT2D eigenvalue weighted by atomic mass is 10.0. The van der Waals surface area contributed by atoms with E-state index in [4.69, 9.17) is 14.2 Å². The van der Waals surface area contributed by atoms with Crippen LogP contribution >= 0.6 is 0 Å². The molecule has 2 aliphatic rings. The molecule has 1 aliphatic heterocycles. The zero-order valence-electron chi connectivity index (χ0n) is 13.6. The van der Waals surface area contributed by atoms with E-state index in [1.54, 1.807) is 6.92 Å². The smallest absolute Gasteiger partial charge is 0.309 e. The Balaban J connectivity index is 1.66. The van der Waals surface area contributed by atoms with E-state index in [1.165, 1.54) is 0 Å². The molecule has 6 nitrogen and oxygen atoms in total. The number of hydrogen-bond acceptors (Lipinski definition) is 6. The van der Waals surface area contributed by atoms with Crippen LogP contribution in [0.5, 0.6) is 0 Å². The van der Waals surface area contributed by atoms with Crippen LogP contribution in [0.25, 0.3) is 0 Å². The highest BCUT2D eigenvalue weighted by atomic mass is 16.7. The molecule has 1 saturated heterocycles. The van der Waals surface area contributed by atoms with Crippen molar-refractivity contribution in [1.29, 1.82) is 0 Å². The largest absolute Gasteiger partial charge is 0.466 e. The van der Waals surface area contributed by atoms with Gasteiger partial charge in [0.2, 0.25) is 0 Å². The number of rotatable bonds is 7. The summed E-state index contributed by atoms with van der Waals surface area (Å²) >= 11 is 0. The first kappa shape index (κ1) is 17.7. The van der Waals surface area contributed by atoms with Crippen LogP contribution in [0.1, 0.15) is 46.5 Å². The fourth-order valence-corrected chi connectivity index (χ4v) is 2.92. The maximum Gasteiger partial charge on any atom is 0.309 e. The van der Waals surface area contributed by atoms with Crippen molar-refractivity contribution < 1.29 is 29.2 Å². The monoisotopic (exact) mass is 316 g/mol. The van der Waals surface area contributed by atoms with Crippen LogP contribution in [-0.2, 0) is 19.0 Å². The van der Waals surface area contributed by atoms with Gasteiger partial charge in [0, 0.05) is 6.42 Å². The van der Waals surface area contributed by atoms with Crippen molar-refractivity contribution in [2.24, 2.45) is 11.8 Å². The normalized spacial score (nSPS) is 39.3. The number of aliphatic hydroxyl groups is 2. The van der Waals surface area contributed by atoms with E-state index in [9.17, 15) is 15.0 Å². The Kier molecular flexibility index (Phi) is 6.20. The average molecular weight is 316 g/mol. The van der Waals surface area contributed by atoms with Crippen LogP contribution in [0.3, 0.4) is 0 Å². The highest BCUT2D eigenvalue weighted by molar-refractivity contribution is 5.75. The van der Waals surface area contributed by atoms with Crippen LogP contribution < -0.4 is 0 Å². The van der Waals surface area contributed by atoms with Gasteiger partial charge in [-0.05, 0) is 46.0 Å². The van der Waals surface area contributed by atoms with Crippen molar-refractivity contribution in [3.63, 3.8) is 0 Å². The van der Waals surface area contributed by atoms with Gasteiger partial charge in [0.15, 0.2) is 6.29 Å². The van der Waals surface area contributed by atoms with E-state index in [0.717, 1.165) is 19.3 Å². The molecule has 0 bridgehead atoms. The lowest BCUT2D eigenvalue weighted by Crippen LogP contribution is -2.48. The van der Waals surface area contributed by atoms with Crippen LogP contribution in [0, 0.1) is 11.8 Å². The molecular formula is C16H28O6. The molecule has 7 atom stereocenters. The standard InChI is InChI=1S/C16H28O6/c1-4-20-15(19)12-7-11(12)6-5-9(2)21-16-14(18)8-13(17)10(3)22-16/h9-14,16-18H,4-8H2,1-3H3/t9-,10+,11?,12?,13-,14-,16-/m1/s1. The van der Waals surface area contributed by atoms with Gasteiger partial charge in [-0.3, -0.25) is 4.79 Å². The summed E-state index contributed by atoms with van der Waals surface area (Å²) in [5, 5.41) is 19.5. The summed E-state index contributed by atoms with van der Waals surface area (Å²) in [6, 6.07) is 0. The summed E-state index contributed by atoms with van der Waals surface area (Å²) in [7, 11) is 0. The third kappa shape index (κ3) is 4.65. The molecule has 1 aliphatic carbocycles. The molecule has 0 radical (unpaired) electrons. The molecule has 1 heterocycles. The van der Waals surface area contributed by atoms with Gasteiger partial charge in [0.1, 0.15) is 6.10 Å². The van der Waals surface area contributed by atoms with Gasteiger partial charge in [-0.25, -0.2) is 0 Å². The zero-order valence-corrected chi connectivity index (χ0v) is 13.6. The molecule has 0 aromatic heterocycles. The second kappa shape index (κ2) is 7.73. The highest BCUT2D eigenvalue weighted by Crippen LogP contribution is 2.43. The molecule has 0 amide bonds. The number of carbonyl (C=O) groups excluding carboxylic acids is 1. The Labute approximate surface area is 131 Å². The Morgan fingerprint density at radius 2 is 2.05 bits per heavy atom. The van der Waals surface area contributed by atoms with Gasteiger partial charge in [0.25, 0.3) is 0 Å². The topological polar surface area (TPSA) is 85.2 Å². The molecule has 0 aromatic carbocycles. The minimum Gasteiger partial charge on any atom is -0.466 e. The van der Waals surface area contributed by atoms with Crippen molar-refractivity contribution in [2.75, 3.05) is 6.61 Å². The van der Waals surface area contributed by atoms with Crippen LogP contribution in [0.2, 0.25) is 0 Å². The molecule has 0 aromatic rings. The van der Waals surface area contributed by atoms with E-state index >= 15 is 0 Å². The van der Waals surface area contributed by atoms with Crippen molar-refractivity contribution in [2.45, 2.75) is 77.2 Å². The Morgan fingerprint density at radius 1 is 1.32 bits per heavy atom. The van der Waals surface area contributed by atoms with E-state index in [-0.39, 0.29) is 30.5 Å². The Hall–Kier alpha value is -0.690. The van der Waals surface area contributed by atoms with E-state index in [0.29, 0.717) is 12.5 Å². The van der Waals surface area contributed by atoms with Gasteiger partial charge in [0.05, 0.1) is 30.8 Å². The Bertz CT molecular complexity index is 374. The van der Waals surface area contributed by atoms with Crippen LogP contribution in [0.4, 0.5) is 0 Å². The van der Waals surface area contributed by atoms with Crippen molar-refractivity contribution >= 4 is 5.97 Å². The van der Waals surface area contributed by atoms with E-state index in [2.05, 4.69) is 0 Å².